The van der Waals surface area contributed by atoms with Gasteiger partial charge in [-0.05, 0) is 30.2 Å². The van der Waals surface area contributed by atoms with Crippen molar-refractivity contribution in [2.45, 2.75) is 19.5 Å². The maximum Gasteiger partial charge on any atom is 0.234 e. The van der Waals surface area contributed by atoms with E-state index in [4.69, 9.17) is 14.2 Å². The molecule has 2 rings (SSSR count). The van der Waals surface area contributed by atoms with E-state index in [2.05, 4.69) is 10.6 Å². The first-order valence-corrected chi connectivity index (χ1v) is 8.43. The molecule has 1 amide bonds. The maximum absolute atomic E-state index is 12.1. The van der Waals surface area contributed by atoms with E-state index in [0.717, 1.165) is 11.1 Å². The Morgan fingerprint density at radius 2 is 1.62 bits per heavy atom. The lowest BCUT2D eigenvalue weighted by molar-refractivity contribution is -0.120. The van der Waals surface area contributed by atoms with Crippen molar-refractivity contribution < 1.29 is 19.0 Å². The summed E-state index contributed by atoms with van der Waals surface area (Å²) in [5.41, 5.74) is 2.01. The first kappa shape index (κ1) is 19.6. The van der Waals surface area contributed by atoms with Crippen molar-refractivity contribution in [1.82, 2.24) is 10.6 Å². The monoisotopic (exact) mass is 358 g/mol. The number of carbonyl (C=O) groups excluding carboxylic acids is 1. The Hall–Kier alpha value is -2.73. The van der Waals surface area contributed by atoms with Gasteiger partial charge in [-0.3, -0.25) is 4.79 Å². The third-order valence-electron chi connectivity index (χ3n) is 4.08. The van der Waals surface area contributed by atoms with Gasteiger partial charge in [-0.1, -0.05) is 30.3 Å². The summed E-state index contributed by atoms with van der Waals surface area (Å²) in [4.78, 5) is 12.1. The number of ether oxygens (including phenoxy) is 3. The van der Waals surface area contributed by atoms with Gasteiger partial charge in [0.1, 0.15) is 0 Å². The number of rotatable bonds is 9. The number of nitrogens with one attached hydrogen (secondary N) is 2. The summed E-state index contributed by atoms with van der Waals surface area (Å²) in [6.07, 6.45) is 0. The molecule has 0 bridgehead atoms. The Bertz CT molecular complexity index is 694. The van der Waals surface area contributed by atoms with Crippen LogP contribution in [0.25, 0.3) is 0 Å². The first-order chi connectivity index (χ1) is 12.6. The van der Waals surface area contributed by atoms with Crippen molar-refractivity contribution in [1.29, 1.82) is 0 Å². The minimum absolute atomic E-state index is 0.0819. The van der Waals surface area contributed by atoms with Gasteiger partial charge >= 0.3 is 0 Å². The first-order valence-electron chi connectivity index (χ1n) is 8.43. The van der Waals surface area contributed by atoms with Crippen molar-refractivity contribution in [3.8, 4) is 17.2 Å². The van der Waals surface area contributed by atoms with Crippen LogP contribution < -0.4 is 24.8 Å². The van der Waals surface area contributed by atoms with Gasteiger partial charge in [-0.15, -0.1) is 0 Å². The SMILES string of the molecule is COc1cc(CNC(=O)CN[C@H](C)c2ccccc2)cc(OC)c1OC. The molecule has 26 heavy (non-hydrogen) atoms. The molecule has 6 nitrogen and oxygen atoms in total. The quantitative estimate of drug-likeness (QED) is 0.721. The second-order valence-corrected chi connectivity index (χ2v) is 5.82. The fourth-order valence-corrected chi connectivity index (χ4v) is 2.61. The smallest absolute Gasteiger partial charge is 0.234 e. The number of hydrogen-bond acceptors (Lipinski definition) is 5. The molecule has 2 aromatic rings. The number of amides is 1. The van der Waals surface area contributed by atoms with Crippen LogP contribution in [0.2, 0.25) is 0 Å². The number of carbonyl (C=O) groups is 1. The summed E-state index contributed by atoms with van der Waals surface area (Å²) in [6, 6.07) is 13.7. The van der Waals surface area contributed by atoms with Crippen LogP contribution in [-0.4, -0.2) is 33.8 Å². The van der Waals surface area contributed by atoms with Crippen LogP contribution in [0.4, 0.5) is 0 Å². The zero-order valence-electron chi connectivity index (χ0n) is 15.7. The second kappa shape index (κ2) is 9.68. The summed E-state index contributed by atoms with van der Waals surface area (Å²) >= 11 is 0. The summed E-state index contributed by atoms with van der Waals surface area (Å²) in [5, 5.41) is 6.11. The van der Waals surface area contributed by atoms with Crippen molar-refractivity contribution in [3.05, 3.63) is 53.6 Å². The molecule has 0 unspecified atom stereocenters. The van der Waals surface area contributed by atoms with Gasteiger partial charge in [-0.2, -0.15) is 0 Å². The lowest BCUT2D eigenvalue weighted by Crippen LogP contribution is -2.34. The summed E-state index contributed by atoms with van der Waals surface area (Å²) < 4.78 is 15.9. The van der Waals surface area contributed by atoms with Crippen LogP contribution in [0.15, 0.2) is 42.5 Å². The molecule has 0 spiro atoms. The van der Waals surface area contributed by atoms with E-state index in [0.29, 0.717) is 23.8 Å². The zero-order valence-corrected chi connectivity index (χ0v) is 15.7. The highest BCUT2D eigenvalue weighted by molar-refractivity contribution is 5.78. The van der Waals surface area contributed by atoms with Gasteiger partial charge in [0.25, 0.3) is 0 Å². The van der Waals surface area contributed by atoms with E-state index in [1.165, 1.54) is 0 Å². The lowest BCUT2D eigenvalue weighted by Gasteiger charge is -2.16. The Morgan fingerprint density at radius 3 is 2.15 bits per heavy atom. The molecule has 0 saturated carbocycles. The van der Waals surface area contributed by atoms with Crippen LogP contribution in [0, 0.1) is 0 Å². The van der Waals surface area contributed by atoms with Crippen LogP contribution in [0.5, 0.6) is 17.2 Å². The Kier molecular flexibility index (Phi) is 7.29. The van der Waals surface area contributed by atoms with Gasteiger partial charge in [0.05, 0.1) is 27.9 Å². The molecule has 2 aromatic carbocycles. The minimum atomic E-state index is -0.0819. The Balaban J connectivity index is 1.91. The third-order valence-corrected chi connectivity index (χ3v) is 4.08. The molecule has 0 aliphatic carbocycles. The van der Waals surface area contributed by atoms with Crippen LogP contribution in [-0.2, 0) is 11.3 Å². The van der Waals surface area contributed by atoms with Crippen molar-refractivity contribution in [2.75, 3.05) is 27.9 Å². The minimum Gasteiger partial charge on any atom is -0.493 e. The molecular formula is C20H26N2O4. The summed E-state index contributed by atoms with van der Waals surface area (Å²) in [6.45, 7) is 2.64. The van der Waals surface area contributed by atoms with Gasteiger partial charge < -0.3 is 24.8 Å². The maximum atomic E-state index is 12.1. The average Bonchev–Trinajstić information content (AvgIpc) is 2.69. The van der Waals surface area contributed by atoms with Gasteiger partial charge in [0.2, 0.25) is 11.7 Å². The van der Waals surface area contributed by atoms with E-state index in [-0.39, 0.29) is 18.5 Å². The van der Waals surface area contributed by atoms with Gasteiger partial charge in [0, 0.05) is 12.6 Å². The molecule has 0 fully saturated rings. The van der Waals surface area contributed by atoms with E-state index in [1.54, 1.807) is 21.3 Å². The molecule has 0 heterocycles. The molecule has 0 aliphatic rings. The predicted molar refractivity (Wildman–Crippen MR) is 101 cm³/mol. The topological polar surface area (TPSA) is 68.8 Å². The molecule has 0 aliphatic heterocycles. The standard InChI is InChI=1S/C20H26N2O4/c1-14(16-8-6-5-7-9-16)21-13-19(23)22-12-15-10-17(24-2)20(26-4)18(11-15)25-3/h5-11,14,21H,12-13H2,1-4H3,(H,22,23)/t14-/m1/s1. The van der Waals surface area contributed by atoms with Gasteiger partial charge in [0.15, 0.2) is 11.5 Å². The number of methoxy groups -OCH3 is 3. The Morgan fingerprint density at radius 1 is 1.00 bits per heavy atom. The van der Waals surface area contributed by atoms with E-state index in [9.17, 15) is 4.79 Å². The largest absolute Gasteiger partial charge is 0.493 e. The summed E-state index contributed by atoms with van der Waals surface area (Å²) in [5.74, 6) is 1.57. The van der Waals surface area contributed by atoms with E-state index in [1.807, 2.05) is 49.4 Å². The number of hydrogen-bond donors (Lipinski definition) is 2. The molecule has 0 saturated heterocycles. The van der Waals surface area contributed by atoms with Gasteiger partial charge in [-0.25, -0.2) is 0 Å². The molecule has 0 radical (unpaired) electrons. The second-order valence-electron chi connectivity index (χ2n) is 5.82. The zero-order chi connectivity index (χ0) is 18.9. The van der Waals surface area contributed by atoms with Crippen molar-refractivity contribution >= 4 is 5.91 Å². The third kappa shape index (κ3) is 5.13. The molecule has 1 atom stereocenters. The molecule has 6 heteroatoms. The average molecular weight is 358 g/mol. The van der Waals surface area contributed by atoms with E-state index >= 15 is 0 Å². The highest BCUT2D eigenvalue weighted by atomic mass is 16.5. The molecular weight excluding hydrogens is 332 g/mol. The van der Waals surface area contributed by atoms with Crippen LogP contribution in [0.1, 0.15) is 24.1 Å². The fourth-order valence-electron chi connectivity index (χ4n) is 2.61. The highest BCUT2D eigenvalue weighted by Crippen LogP contribution is 2.38. The molecule has 0 aromatic heterocycles. The van der Waals surface area contributed by atoms with Crippen molar-refractivity contribution in [3.63, 3.8) is 0 Å². The number of benzene rings is 2. The predicted octanol–water partition coefficient (Wildman–Crippen LogP) is 2.68. The molecule has 140 valence electrons. The highest BCUT2D eigenvalue weighted by Gasteiger charge is 2.14. The van der Waals surface area contributed by atoms with E-state index < -0.39 is 0 Å². The summed E-state index contributed by atoms with van der Waals surface area (Å²) in [7, 11) is 4.69. The van der Waals surface area contributed by atoms with Crippen LogP contribution in [0.3, 0.4) is 0 Å². The fraction of sp³-hybridized carbons (Fsp3) is 0.350. The lowest BCUT2D eigenvalue weighted by atomic mass is 10.1. The van der Waals surface area contributed by atoms with Crippen molar-refractivity contribution in [2.24, 2.45) is 0 Å². The normalized spacial score (nSPS) is 11.5. The molecule has 2 N–H and O–H groups in total. The van der Waals surface area contributed by atoms with Crippen LogP contribution >= 0.6 is 0 Å². The Labute approximate surface area is 154 Å².